The van der Waals surface area contributed by atoms with Crippen molar-refractivity contribution >= 4 is 17.4 Å². The molecule has 0 unspecified atom stereocenters. The van der Waals surface area contributed by atoms with Crippen molar-refractivity contribution in [2.75, 3.05) is 11.9 Å². The predicted octanol–water partition coefficient (Wildman–Crippen LogP) is 3.71. The SMILES string of the molecule is CCc1ccccc1Nc1noc2c1CN(C(=O)C[C@H](C)n1ccnc1)CC2. The van der Waals surface area contributed by atoms with Gasteiger partial charge in [-0.3, -0.25) is 4.79 Å². The lowest BCUT2D eigenvalue weighted by Crippen LogP contribution is -2.36. The number of nitrogens with zero attached hydrogens (tertiary/aromatic N) is 4. The first kappa shape index (κ1) is 18.3. The zero-order valence-corrected chi connectivity index (χ0v) is 16.3. The van der Waals surface area contributed by atoms with E-state index in [-0.39, 0.29) is 11.9 Å². The Morgan fingerprint density at radius 2 is 2.21 bits per heavy atom. The van der Waals surface area contributed by atoms with Gasteiger partial charge in [-0.15, -0.1) is 0 Å². The van der Waals surface area contributed by atoms with Gasteiger partial charge < -0.3 is 19.3 Å². The van der Waals surface area contributed by atoms with Gasteiger partial charge in [0.1, 0.15) is 5.76 Å². The van der Waals surface area contributed by atoms with E-state index in [9.17, 15) is 4.79 Å². The molecule has 7 heteroatoms. The smallest absolute Gasteiger partial charge is 0.224 e. The Balaban J connectivity index is 1.47. The molecule has 1 aliphatic heterocycles. The van der Waals surface area contributed by atoms with Gasteiger partial charge in [0, 0.05) is 43.5 Å². The van der Waals surface area contributed by atoms with Crippen molar-refractivity contribution in [3.8, 4) is 0 Å². The number of hydrogen-bond donors (Lipinski definition) is 1. The Labute approximate surface area is 164 Å². The molecule has 0 radical (unpaired) electrons. The lowest BCUT2D eigenvalue weighted by atomic mass is 10.1. The quantitative estimate of drug-likeness (QED) is 0.706. The number of carbonyl (C=O) groups is 1. The van der Waals surface area contributed by atoms with Gasteiger partial charge in [0.2, 0.25) is 5.91 Å². The van der Waals surface area contributed by atoms with Crippen molar-refractivity contribution in [3.05, 3.63) is 59.9 Å². The summed E-state index contributed by atoms with van der Waals surface area (Å²) in [5, 5.41) is 7.63. The molecule has 0 saturated carbocycles. The van der Waals surface area contributed by atoms with Crippen LogP contribution in [0.25, 0.3) is 0 Å². The summed E-state index contributed by atoms with van der Waals surface area (Å²) in [6.07, 6.45) is 7.43. The van der Waals surface area contributed by atoms with Crippen LogP contribution in [0.4, 0.5) is 11.5 Å². The summed E-state index contributed by atoms with van der Waals surface area (Å²) >= 11 is 0. The molecule has 4 rings (SSSR count). The Morgan fingerprint density at radius 1 is 1.36 bits per heavy atom. The third-order valence-electron chi connectivity index (χ3n) is 5.34. The minimum absolute atomic E-state index is 0.0768. The summed E-state index contributed by atoms with van der Waals surface area (Å²) in [6.45, 7) is 5.33. The van der Waals surface area contributed by atoms with Crippen LogP contribution in [0.1, 0.15) is 43.2 Å². The highest BCUT2D eigenvalue weighted by molar-refractivity contribution is 5.77. The first-order valence-electron chi connectivity index (χ1n) is 9.73. The molecule has 2 aromatic heterocycles. The van der Waals surface area contributed by atoms with Crippen LogP contribution in [0.2, 0.25) is 0 Å². The average molecular weight is 379 g/mol. The van der Waals surface area contributed by atoms with Gasteiger partial charge in [0.15, 0.2) is 5.82 Å². The van der Waals surface area contributed by atoms with Gasteiger partial charge in [0.25, 0.3) is 0 Å². The Bertz CT molecular complexity index is 948. The molecule has 1 N–H and O–H groups in total. The predicted molar refractivity (Wildman–Crippen MR) is 106 cm³/mol. The molecule has 1 atom stereocenters. The summed E-state index contributed by atoms with van der Waals surface area (Å²) in [5.41, 5.74) is 3.22. The Hall–Kier alpha value is -3.09. The van der Waals surface area contributed by atoms with Crippen molar-refractivity contribution in [2.45, 2.75) is 45.7 Å². The van der Waals surface area contributed by atoms with Crippen LogP contribution in [0, 0.1) is 0 Å². The highest BCUT2D eigenvalue weighted by Gasteiger charge is 2.28. The van der Waals surface area contributed by atoms with Gasteiger partial charge >= 0.3 is 0 Å². The summed E-state index contributed by atoms with van der Waals surface area (Å²) in [6, 6.07) is 8.25. The van der Waals surface area contributed by atoms with E-state index >= 15 is 0 Å². The molecule has 3 heterocycles. The maximum atomic E-state index is 12.8. The third kappa shape index (κ3) is 3.65. The molecule has 1 aliphatic rings. The molecule has 0 spiro atoms. The lowest BCUT2D eigenvalue weighted by molar-refractivity contribution is -0.132. The number of para-hydroxylation sites is 1. The van der Waals surface area contributed by atoms with Crippen LogP contribution < -0.4 is 5.32 Å². The fourth-order valence-electron chi connectivity index (χ4n) is 3.62. The maximum absolute atomic E-state index is 12.8. The van der Waals surface area contributed by atoms with Crippen LogP contribution in [-0.4, -0.2) is 32.1 Å². The molecule has 0 fully saturated rings. The Morgan fingerprint density at radius 3 is 3.00 bits per heavy atom. The third-order valence-corrected chi connectivity index (χ3v) is 5.34. The highest BCUT2D eigenvalue weighted by Crippen LogP contribution is 2.30. The number of rotatable bonds is 6. The van der Waals surface area contributed by atoms with E-state index in [1.165, 1.54) is 5.56 Å². The number of imidazole rings is 1. The lowest BCUT2D eigenvalue weighted by Gasteiger charge is -2.27. The fraction of sp³-hybridized carbons (Fsp3) is 0.381. The molecule has 0 aliphatic carbocycles. The first-order chi connectivity index (χ1) is 13.7. The monoisotopic (exact) mass is 379 g/mol. The number of nitrogens with one attached hydrogen (secondary N) is 1. The summed E-state index contributed by atoms with van der Waals surface area (Å²) in [5.74, 6) is 1.70. The number of amides is 1. The molecule has 0 bridgehead atoms. The van der Waals surface area contributed by atoms with E-state index in [4.69, 9.17) is 4.52 Å². The van der Waals surface area contributed by atoms with Gasteiger partial charge in [-0.1, -0.05) is 30.3 Å². The van der Waals surface area contributed by atoms with Crippen LogP contribution in [0.15, 0.2) is 47.5 Å². The van der Waals surface area contributed by atoms with Gasteiger partial charge in [0.05, 0.1) is 18.4 Å². The number of aromatic nitrogens is 3. The van der Waals surface area contributed by atoms with Crippen LogP contribution in [0.5, 0.6) is 0 Å². The number of fused-ring (bicyclic) bond motifs is 1. The average Bonchev–Trinajstić information content (AvgIpc) is 3.38. The number of benzene rings is 1. The Kier molecular flexibility index (Phi) is 5.14. The van der Waals surface area contributed by atoms with Crippen LogP contribution >= 0.6 is 0 Å². The zero-order chi connectivity index (χ0) is 19.5. The summed E-state index contributed by atoms with van der Waals surface area (Å²) in [7, 11) is 0. The van der Waals surface area contributed by atoms with E-state index in [0.29, 0.717) is 31.7 Å². The number of aryl methyl sites for hydroxylation is 1. The number of anilines is 2. The van der Waals surface area contributed by atoms with Crippen molar-refractivity contribution in [1.29, 1.82) is 0 Å². The zero-order valence-electron chi connectivity index (χ0n) is 16.3. The molecule has 0 saturated heterocycles. The van der Waals surface area contributed by atoms with E-state index in [1.807, 2.05) is 40.8 Å². The van der Waals surface area contributed by atoms with Crippen LogP contribution in [0.3, 0.4) is 0 Å². The van der Waals surface area contributed by atoms with Gasteiger partial charge in [-0.05, 0) is 25.0 Å². The fourth-order valence-corrected chi connectivity index (χ4v) is 3.62. The molecule has 1 aromatic carbocycles. The molecule has 7 nitrogen and oxygen atoms in total. The second kappa shape index (κ2) is 7.88. The number of carbonyl (C=O) groups excluding carboxylic acids is 1. The van der Waals surface area contributed by atoms with Gasteiger partial charge in [-0.25, -0.2) is 4.98 Å². The van der Waals surface area contributed by atoms with Crippen molar-refractivity contribution in [2.24, 2.45) is 0 Å². The molecule has 28 heavy (non-hydrogen) atoms. The van der Waals surface area contributed by atoms with E-state index in [2.05, 4.69) is 28.4 Å². The van der Waals surface area contributed by atoms with Crippen LogP contribution in [-0.2, 0) is 24.2 Å². The van der Waals surface area contributed by atoms with E-state index in [0.717, 1.165) is 23.4 Å². The second-order valence-electron chi connectivity index (χ2n) is 7.20. The summed E-state index contributed by atoms with van der Waals surface area (Å²) in [4.78, 5) is 18.8. The van der Waals surface area contributed by atoms with Crippen molar-refractivity contribution < 1.29 is 9.32 Å². The molecular formula is C21H25N5O2. The van der Waals surface area contributed by atoms with Crippen molar-refractivity contribution in [1.82, 2.24) is 19.6 Å². The maximum Gasteiger partial charge on any atom is 0.224 e. The van der Waals surface area contributed by atoms with E-state index in [1.54, 1.807) is 12.5 Å². The first-order valence-corrected chi connectivity index (χ1v) is 9.73. The standard InChI is InChI=1S/C21H25N5O2/c1-3-16-6-4-5-7-18(16)23-21-17-13-25(10-8-19(17)28-24-21)20(27)12-15(2)26-11-9-22-14-26/h4-7,9,11,14-15H,3,8,10,12-13H2,1-2H3,(H,23,24)/t15-/m0/s1. The minimum atomic E-state index is 0.0768. The second-order valence-corrected chi connectivity index (χ2v) is 7.20. The molecule has 3 aromatic rings. The van der Waals surface area contributed by atoms with Crippen molar-refractivity contribution in [3.63, 3.8) is 0 Å². The topological polar surface area (TPSA) is 76.2 Å². The minimum Gasteiger partial charge on any atom is -0.359 e. The molecular weight excluding hydrogens is 354 g/mol. The normalized spacial score (nSPS) is 14.6. The molecule has 146 valence electrons. The summed E-state index contributed by atoms with van der Waals surface area (Å²) < 4.78 is 7.50. The highest BCUT2D eigenvalue weighted by atomic mass is 16.5. The largest absolute Gasteiger partial charge is 0.359 e. The van der Waals surface area contributed by atoms with Gasteiger partial charge in [-0.2, -0.15) is 0 Å². The molecule has 1 amide bonds. The van der Waals surface area contributed by atoms with E-state index < -0.39 is 0 Å². The number of hydrogen-bond acceptors (Lipinski definition) is 5.